The molecule has 6 heteroatoms. The number of carbonyl (C=O) groups is 1. The molecule has 118 valence electrons. The monoisotopic (exact) mass is 349 g/mol. The zero-order chi connectivity index (χ0) is 16.6. The molecular weight excluding hydrogens is 337 g/mol. The summed E-state index contributed by atoms with van der Waals surface area (Å²) in [7, 11) is 3.10. The van der Waals surface area contributed by atoms with Gasteiger partial charge >= 0.3 is 0 Å². The van der Waals surface area contributed by atoms with Crippen LogP contribution in [0.1, 0.15) is 11.1 Å². The van der Waals surface area contributed by atoms with Crippen LogP contribution in [0.5, 0.6) is 11.5 Å². The van der Waals surface area contributed by atoms with Gasteiger partial charge in [-0.15, -0.1) is 0 Å². The number of nitrogens with one attached hydrogen (secondary N) is 1. The summed E-state index contributed by atoms with van der Waals surface area (Å²) >= 11 is 11.9. The summed E-state index contributed by atoms with van der Waals surface area (Å²) in [5.74, 6) is 0.923. The van der Waals surface area contributed by atoms with Crippen molar-refractivity contribution in [1.29, 1.82) is 0 Å². The van der Waals surface area contributed by atoms with Crippen LogP contribution in [-0.4, -0.2) is 20.1 Å². The fourth-order valence-electron chi connectivity index (χ4n) is 2.43. The van der Waals surface area contributed by atoms with Crippen LogP contribution in [0.2, 0.25) is 10.0 Å². The molecule has 0 atom stereocenters. The maximum atomic E-state index is 12.3. The second-order valence-electron chi connectivity index (χ2n) is 4.94. The first-order valence-electron chi connectivity index (χ1n) is 6.78. The highest BCUT2D eigenvalue weighted by Gasteiger charge is 2.26. The Morgan fingerprint density at radius 3 is 2.35 bits per heavy atom. The lowest BCUT2D eigenvalue weighted by Gasteiger charge is -2.09. The third kappa shape index (κ3) is 2.87. The van der Waals surface area contributed by atoms with Gasteiger partial charge in [0, 0.05) is 17.2 Å². The van der Waals surface area contributed by atoms with Gasteiger partial charge in [0.1, 0.15) is 0 Å². The van der Waals surface area contributed by atoms with Crippen LogP contribution in [0.4, 0.5) is 5.69 Å². The standard InChI is InChI=1S/C17H13Cl2NO3/c1-22-15-7-10-11(5-9-3-4-12(18)13(19)6-9)17(21)20-14(10)8-16(15)23-2/h3-8H,1-2H3,(H,20,21)/b11-5+. The van der Waals surface area contributed by atoms with Gasteiger partial charge in [0.2, 0.25) is 0 Å². The Bertz CT molecular complexity index is 831. The largest absolute Gasteiger partial charge is 0.493 e. The Morgan fingerprint density at radius 2 is 1.70 bits per heavy atom. The lowest BCUT2D eigenvalue weighted by Crippen LogP contribution is -2.03. The Kier molecular flexibility index (Phi) is 4.20. The van der Waals surface area contributed by atoms with E-state index in [1.54, 1.807) is 50.6 Å². The SMILES string of the molecule is COc1cc2c(cc1OC)/C(=C\c1ccc(Cl)c(Cl)c1)C(=O)N2. The van der Waals surface area contributed by atoms with Crippen molar-refractivity contribution >= 4 is 46.4 Å². The number of methoxy groups -OCH3 is 2. The molecule has 3 rings (SSSR count). The molecule has 23 heavy (non-hydrogen) atoms. The zero-order valence-electron chi connectivity index (χ0n) is 12.4. The van der Waals surface area contributed by atoms with Crippen LogP contribution < -0.4 is 14.8 Å². The molecule has 0 unspecified atom stereocenters. The summed E-state index contributed by atoms with van der Waals surface area (Å²) in [6.07, 6.45) is 1.76. The van der Waals surface area contributed by atoms with Crippen molar-refractivity contribution in [1.82, 2.24) is 0 Å². The number of hydrogen-bond acceptors (Lipinski definition) is 3. The number of rotatable bonds is 3. The zero-order valence-corrected chi connectivity index (χ0v) is 14.0. The molecular formula is C17H13Cl2NO3. The minimum absolute atomic E-state index is 0.193. The first-order valence-corrected chi connectivity index (χ1v) is 7.53. The van der Waals surface area contributed by atoms with Gasteiger partial charge < -0.3 is 14.8 Å². The molecule has 0 aromatic heterocycles. The molecule has 0 fully saturated rings. The second kappa shape index (κ2) is 6.14. The Hall–Kier alpha value is -2.17. The van der Waals surface area contributed by atoms with E-state index in [1.807, 2.05) is 0 Å². The number of ether oxygens (including phenoxy) is 2. The molecule has 2 aromatic carbocycles. The molecule has 4 nitrogen and oxygen atoms in total. The summed E-state index contributed by atoms with van der Waals surface area (Å²) in [4.78, 5) is 12.3. The molecule has 0 aliphatic carbocycles. The quantitative estimate of drug-likeness (QED) is 0.829. The fraction of sp³-hybridized carbons (Fsp3) is 0.118. The molecule has 1 amide bonds. The van der Waals surface area contributed by atoms with Crippen LogP contribution in [-0.2, 0) is 4.79 Å². The van der Waals surface area contributed by atoms with Gasteiger partial charge in [-0.25, -0.2) is 0 Å². The van der Waals surface area contributed by atoms with E-state index in [4.69, 9.17) is 32.7 Å². The highest BCUT2D eigenvalue weighted by molar-refractivity contribution is 6.42. The third-order valence-corrected chi connectivity index (χ3v) is 4.30. The third-order valence-electron chi connectivity index (χ3n) is 3.56. The maximum absolute atomic E-state index is 12.3. The number of hydrogen-bond donors (Lipinski definition) is 1. The van der Waals surface area contributed by atoms with Gasteiger partial charge in [0.15, 0.2) is 11.5 Å². The van der Waals surface area contributed by atoms with Crippen LogP contribution in [0.25, 0.3) is 11.6 Å². The van der Waals surface area contributed by atoms with E-state index in [2.05, 4.69) is 5.32 Å². The van der Waals surface area contributed by atoms with Crippen molar-refractivity contribution in [3.05, 3.63) is 51.5 Å². The first-order chi connectivity index (χ1) is 11.0. The number of amides is 1. The van der Waals surface area contributed by atoms with Gasteiger partial charge in [-0.2, -0.15) is 0 Å². The molecule has 2 aromatic rings. The molecule has 1 aliphatic rings. The summed E-state index contributed by atoms with van der Waals surface area (Å²) < 4.78 is 10.6. The highest BCUT2D eigenvalue weighted by Crippen LogP contribution is 2.41. The minimum Gasteiger partial charge on any atom is -0.493 e. The molecule has 1 aliphatic heterocycles. The van der Waals surface area contributed by atoms with E-state index < -0.39 is 0 Å². The smallest absolute Gasteiger partial charge is 0.256 e. The van der Waals surface area contributed by atoms with E-state index in [-0.39, 0.29) is 5.91 Å². The van der Waals surface area contributed by atoms with Crippen molar-refractivity contribution in [2.24, 2.45) is 0 Å². The van der Waals surface area contributed by atoms with E-state index >= 15 is 0 Å². The molecule has 0 saturated heterocycles. The average Bonchev–Trinajstić information content (AvgIpc) is 2.84. The Morgan fingerprint density at radius 1 is 1.00 bits per heavy atom. The minimum atomic E-state index is -0.193. The van der Waals surface area contributed by atoms with Gasteiger partial charge in [0.05, 0.1) is 30.0 Å². The van der Waals surface area contributed by atoms with Crippen molar-refractivity contribution in [2.75, 3.05) is 19.5 Å². The van der Waals surface area contributed by atoms with E-state index in [0.29, 0.717) is 32.8 Å². The molecule has 1 heterocycles. The van der Waals surface area contributed by atoms with Crippen LogP contribution >= 0.6 is 23.2 Å². The Balaban J connectivity index is 2.10. The predicted molar refractivity (Wildman–Crippen MR) is 92.5 cm³/mol. The summed E-state index contributed by atoms with van der Waals surface area (Å²) in [6.45, 7) is 0. The van der Waals surface area contributed by atoms with Gasteiger partial charge in [-0.05, 0) is 29.8 Å². The summed E-state index contributed by atoms with van der Waals surface area (Å²) in [6, 6.07) is 8.71. The van der Waals surface area contributed by atoms with E-state index in [9.17, 15) is 4.79 Å². The predicted octanol–water partition coefficient (Wildman–Crippen LogP) is 4.50. The number of fused-ring (bicyclic) bond motifs is 1. The average molecular weight is 350 g/mol. The van der Waals surface area contributed by atoms with Crippen molar-refractivity contribution < 1.29 is 14.3 Å². The number of benzene rings is 2. The number of carbonyl (C=O) groups excluding carboxylic acids is 1. The Labute approximate surface area is 143 Å². The lowest BCUT2D eigenvalue weighted by atomic mass is 10.0. The van der Waals surface area contributed by atoms with E-state index in [0.717, 1.165) is 11.1 Å². The normalized spacial score (nSPS) is 14.6. The molecule has 1 N–H and O–H groups in total. The van der Waals surface area contributed by atoms with Gasteiger partial charge in [0.25, 0.3) is 5.91 Å². The molecule has 0 spiro atoms. The molecule has 0 saturated carbocycles. The molecule has 0 radical (unpaired) electrons. The first kappa shape index (κ1) is 15.7. The highest BCUT2D eigenvalue weighted by atomic mass is 35.5. The van der Waals surface area contributed by atoms with E-state index in [1.165, 1.54) is 0 Å². The lowest BCUT2D eigenvalue weighted by molar-refractivity contribution is -0.110. The fourth-order valence-corrected chi connectivity index (χ4v) is 2.74. The van der Waals surface area contributed by atoms with Crippen molar-refractivity contribution in [3.63, 3.8) is 0 Å². The maximum Gasteiger partial charge on any atom is 0.256 e. The summed E-state index contributed by atoms with van der Waals surface area (Å²) in [5, 5.41) is 3.72. The van der Waals surface area contributed by atoms with Crippen LogP contribution in [0.15, 0.2) is 30.3 Å². The van der Waals surface area contributed by atoms with Crippen molar-refractivity contribution in [2.45, 2.75) is 0 Å². The number of anilines is 1. The topological polar surface area (TPSA) is 47.6 Å². The van der Waals surface area contributed by atoms with Gasteiger partial charge in [-0.1, -0.05) is 29.3 Å². The van der Waals surface area contributed by atoms with Crippen molar-refractivity contribution in [3.8, 4) is 11.5 Å². The summed E-state index contributed by atoms with van der Waals surface area (Å²) in [5.41, 5.74) is 2.74. The van der Waals surface area contributed by atoms with Gasteiger partial charge in [-0.3, -0.25) is 4.79 Å². The van der Waals surface area contributed by atoms with Crippen LogP contribution in [0.3, 0.4) is 0 Å². The number of halogens is 2. The van der Waals surface area contributed by atoms with Crippen LogP contribution in [0, 0.1) is 0 Å². The molecule has 0 bridgehead atoms. The second-order valence-corrected chi connectivity index (χ2v) is 5.75.